The Bertz CT molecular complexity index is 391. The first-order valence-corrected chi connectivity index (χ1v) is 6.18. The van der Waals surface area contributed by atoms with Crippen LogP contribution in [0.4, 0.5) is 0 Å². The van der Waals surface area contributed by atoms with E-state index in [2.05, 4.69) is 26.2 Å². The summed E-state index contributed by atoms with van der Waals surface area (Å²) < 4.78 is 10.6. The third kappa shape index (κ3) is 2.94. The monoisotopic (exact) mass is 252 g/mol. The van der Waals surface area contributed by atoms with Gasteiger partial charge in [0.1, 0.15) is 0 Å². The summed E-state index contributed by atoms with van der Waals surface area (Å²) in [6, 6.07) is 5.97. The molecule has 0 radical (unpaired) electrons. The van der Waals surface area contributed by atoms with Crippen molar-refractivity contribution in [3.8, 4) is 11.5 Å². The normalized spacial score (nSPS) is 13.2. The van der Waals surface area contributed by atoms with Crippen LogP contribution in [-0.4, -0.2) is 14.2 Å². The largest absolute Gasteiger partial charge is 0.493 e. The van der Waals surface area contributed by atoms with E-state index in [9.17, 15) is 0 Å². The maximum absolute atomic E-state index is 5.71. The number of methoxy groups -OCH3 is 2. The van der Waals surface area contributed by atoms with Crippen molar-refractivity contribution in [3.05, 3.63) is 23.8 Å². The summed E-state index contributed by atoms with van der Waals surface area (Å²) in [5, 5.41) is 0. The minimum atomic E-state index is 0.0638. The van der Waals surface area contributed by atoms with E-state index in [1.54, 1.807) is 14.2 Å². The van der Waals surface area contributed by atoms with E-state index in [1.807, 2.05) is 18.2 Å². The van der Waals surface area contributed by atoms with Crippen molar-refractivity contribution in [3.63, 3.8) is 0 Å². The first-order valence-electron chi connectivity index (χ1n) is 6.18. The molecule has 0 aliphatic rings. The Morgan fingerprint density at radius 1 is 1.22 bits per heavy atom. The SMILES string of the molecule is CCC(C)(C)C(NN)c1ccc(OC)c(OC)c1. The summed E-state index contributed by atoms with van der Waals surface area (Å²) >= 11 is 0. The van der Waals surface area contributed by atoms with Crippen LogP contribution in [0, 0.1) is 5.41 Å². The molecule has 18 heavy (non-hydrogen) atoms. The zero-order valence-electron chi connectivity index (χ0n) is 11.9. The maximum Gasteiger partial charge on any atom is 0.161 e. The van der Waals surface area contributed by atoms with Crippen LogP contribution >= 0.6 is 0 Å². The molecule has 0 aliphatic heterocycles. The number of hydrogen-bond donors (Lipinski definition) is 2. The predicted octanol–water partition coefficient (Wildman–Crippen LogP) is 2.64. The van der Waals surface area contributed by atoms with Crippen LogP contribution in [0.15, 0.2) is 18.2 Å². The lowest BCUT2D eigenvalue weighted by Crippen LogP contribution is -2.38. The fourth-order valence-electron chi connectivity index (χ4n) is 2.01. The van der Waals surface area contributed by atoms with Crippen LogP contribution in [0.1, 0.15) is 38.8 Å². The molecule has 0 bridgehead atoms. The Hall–Kier alpha value is -1.26. The van der Waals surface area contributed by atoms with E-state index in [-0.39, 0.29) is 11.5 Å². The van der Waals surface area contributed by atoms with Gasteiger partial charge in [-0.1, -0.05) is 26.8 Å². The van der Waals surface area contributed by atoms with Crippen molar-refractivity contribution >= 4 is 0 Å². The van der Waals surface area contributed by atoms with Crippen molar-refractivity contribution in [2.75, 3.05) is 14.2 Å². The number of ether oxygens (including phenoxy) is 2. The van der Waals surface area contributed by atoms with Crippen molar-refractivity contribution in [1.29, 1.82) is 0 Å². The van der Waals surface area contributed by atoms with Gasteiger partial charge in [-0.3, -0.25) is 11.3 Å². The number of hydrazine groups is 1. The van der Waals surface area contributed by atoms with Gasteiger partial charge in [-0.25, -0.2) is 0 Å². The van der Waals surface area contributed by atoms with Gasteiger partial charge in [-0.15, -0.1) is 0 Å². The smallest absolute Gasteiger partial charge is 0.161 e. The molecule has 102 valence electrons. The van der Waals surface area contributed by atoms with Gasteiger partial charge in [0.15, 0.2) is 11.5 Å². The topological polar surface area (TPSA) is 56.5 Å². The van der Waals surface area contributed by atoms with Gasteiger partial charge in [-0.05, 0) is 29.5 Å². The summed E-state index contributed by atoms with van der Waals surface area (Å²) in [6.45, 7) is 6.54. The third-order valence-corrected chi connectivity index (χ3v) is 3.60. The molecule has 0 saturated carbocycles. The predicted molar refractivity (Wildman–Crippen MR) is 73.7 cm³/mol. The summed E-state index contributed by atoms with van der Waals surface area (Å²) in [7, 11) is 3.27. The minimum Gasteiger partial charge on any atom is -0.493 e. The van der Waals surface area contributed by atoms with Crippen LogP contribution in [-0.2, 0) is 0 Å². The molecule has 0 saturated heterocycles. The van der Waals surface area contributed by atoms with Gasteiger partial charge in [0.05, 0.1) is 20.3 Å². The molecule has 4 nitrogen and oxygen atoms in total. The minimum absolute atomic E-state index is 0.0638. The number of benzene rings is 1. The summed E-state index contributed by atoms with van der Waals surface area (Å²) in [5.41, 5.74) is 4.06. The molecule has 0 fully saturated rings. The van der Waals surface area contributed by atoms with Crippen LogP contribution in [0.5, 0.6) is 11.5 Å². The lowest BCUT2D eigenvalue weighted by Gasteiger charge is -2.33. The molecule has 0 amide bonds. The van der Waals surface area contributed by atoms with E-state index < -0.39 is 0 Å². The van der Waals surface area contributed by atoms with Gasteiger partial charge in [0.2, 0.25) is 0 Å². The Kier molecular flexibility index (Phi) is 4.99. The molecular formula is C14H24N2O2. The molecule has 3 N–H and O–H groups in total. The lowest BCUT2D eigenvalue weighted by molar-refractivity contribution is 0.235. The highest BCUT2D eigenvalue weighted by Gasteiger charge is 2.28. The highest BCUT2D eigenvalue weighted by molar-refractivity contribution is 5.44. The zero-order chi connectivity index (χ0) is 13.8. The molecule has 1 unspecified atom stereocenters. The zero-order valence-corrected chi connectivity index (χ0v) is 11.9. The molecule has 0 spiro atoms. The molecule has 1 rings (SSSR count). The van der Waals surface area contributed by atoms with Crippen LogP contribution in [0.2, 0.25) is 0 Å². The van der Waals surface area contributed by atoms with Gasteiger partial charge in [0, 0.05) is 0 Å². The second-order valence-corrected chi connectivity index (χ2v) is 5.06. The summed E-state index contributed by atoms with van der Waals surface area (Å²) in [4.78, 5) is 0. The van der Waals surface area contributed by atoms with Crippen LogP contribution in [0.3, 0.4) is 0 Å². The first kappa shape index (κ1) is 14.8. The molecule has 4 heteroatoms. The number of hydrogen-bond acceptors (Lipinski definition) is 4. The van der Waals surface area contributed by atoms with Crippen molar-refractivity contribution < 1.29 is 9.47 Å². The molecule has 0 aliphatic carbocycles. The average Bonchev–Trinajstić information content (AvgIpc) is 2.39. The van der Waals surface area contributed by atoms with E-state index in [0.717, 1.165) is 23.5 Å². The Morgan fingerprint density at radius 3 is 2.28 bits per heavy atom. The highest BCUT2D eigenvalue weighted by atomic mass is 16.5. The molecule has 0 aromatic heterocycles. The molecule has 0 heterocycles. The summed E-state index contributed by atoms with van der Waals surface area (Å²) in [6.07, 6.45) is 1.02. The van der Waals surface area contributed by atoms with E-state index in [1.165, 1.54) is 0 Å². The number of nitrogens with one attached hydrogen (secondary N) is 1. The molecule has 1 aromatic rings. The quantitative estimate of drug-likeness (QED) is 0.603. The van der Waals surface area contributed by atoms with Gasteiger partial charge >= 0.3 is 0 Å². The standard InChI is InChI=1S/C14H24N2O2/c1-6-14(2,3)13(16-15)10-7-8-11(17-4)12(9-10)18-5/h7-9,13,16H,6,15H2,1-5H3. The Labute approximate surface area is 109 Å². The molecule has 1 atom stereocenters. The van der Waals surface area contributed by atoms with E-state index >= 15 is 0 Å². The van der Waals surface area contributed by atoms with E-state index in [4.69, 9.17) is 15.3 Å². The third-order valence-electron chi connectivity index (χ3n) is 3.60. The van der Waals surface area contributed by atoms with Crippen molar-refractivity contribution in [1.82, 2.24) is 5.43 Å². The fourth-order valence-corrected chi connectivity index (χ4v) is 2.01. The molecular weight excluding hydrogens is 228 g/mol. The maximum atomic E-state index is 5.71. The molecule has 1 aromatic carbocycles. The van der Waals surface area contributed by atoms with Crippen LogP contribution < -0.4 is 20.7 Å². The van der Waals surface area contributed by atoms with E-state index in [0.29, 0.717) is 0 Å². The lowest BCUT2D eigenvalue weighted by atomic mass is 9.78. The highest BCUT2D eigenvalue weighted by Crippen LogP contribution is 2.38. The Morgan fingerprint density at radius 2 is 1.83 bits per heavy atom. The van der Waals surface area contributed by atoms with Gasteiger partial charge in [-0.2, -0.15) is 0 Å². The van der Waals surface area contributed by atoms with Crippen molar-refractivity contribution in [2.45, 2.75) is 33.2 Å². The second-order valence-electron chi connectivity index (χ2n) is 5.06. The number of nitrogens with two attached hydrogens (primary N) is 1. The van der Waals surface area contributed by atoms with Crippen LogP contribution in [0.25, 0.3) is 0 Å². The second kappa shape index (κ2) is 6.07. The number of rotatable bonds is 6. The summed E-state index contributed by atoms with van der Waals surface area (Å²) in [5.74, 6) is 7.16. The van der Waals surface area contributed by atoms with Crippen molar-refractivity contribution in [2.24, 2.45) is 11.3 Å². The van der Waals surface area contributed by atoms with Gasteiger partial charge < -0.3 is 9.47 Å². The fraction of sp³-hybridized carbons (Fsp3) is 0.571. The Balaban J connectivity index is 3.15. The van der Waals surface area contributed by atoms with Gasteiger partial charge in [0.25, 0.3) is 0 Å². The first-order chi connectivity index (χ1) is 8.50. The average molecular weight is 252 g/mol.